The van der Waals surface area contributed by atoms with Crippen molar-refractivity contribution in [2.24, 2.45) is 0 Å². The Morgan fingerprint density at radius 1 is 1.28 bits per heavy atom. The maximum Gasteiger partial charge on any atom is 0.362 e. The summed E-state index contributed by atoms with van der Waals surface area (Å²) in [6.07, 6.45) is 1.51. The quantitative estimate of drug-likeness (QED) is 0.601. The van der Waals surface area contributed by atoms with Gasteiger partial charge in [0.05, 0.1) is 12.5 Å². The van der Waals surface area contributed by atoms with Gasteiger partial charge in [-0.25, -0.2) is 4.72 Å². The average Bonchev–Trinajstić information content (AvgIpc) is 2.18. The van der Waals surface area contributed by atoms with E-state index < -0.39 is 34.5 Å². The number of ketones is 1. The van der Waals surface area contributed by atoms with Gasteiger partial charge >= 0.3 is 10.3 Å². The van der Waals surface area contributed by atoms with Gasteiger partial charge in [0.1, 0.15) is 5.78 Å². The Labute approximate surface area is 111 Å². The van der Waals surface area contributed by atoms with E-state index in [0.29, 0.717) is 25.7 Å². The second-order valence-corrected chi connectivity index (χ2v) is 6.25. The maximum atomic E-state index is 11.5. The van der Waals surface area contributed by atoms with Crippen LogP contribution >= 0.6 is 11.6 Å². The number of carbonyl (C=O) groups excluding carboxylic acids is 2. The van der Waals surface area contributed by atoms with Gasteiger partial charge in [0, 0.05) is 5.38 Å². The Morgan fingerprint density at radius 3 is 2.33 bits per heavy atom. The highest BCUT2D eigenvalue weighted by molar-refractivity contribution is 7.85. The summed E-state index contributed by atoms with van der Waals surface area (Å²) in [5.74, 6) is -1.29. The Morgan fingerprint density at radius 2 is 1.83 bits per heavy atom. The van der Waals surface area contributed by atoms with E-state index in [4.69, 9.17) is 15.8 Å². The standard InChI is InChI=1S/C10H16ClNO5S/c1-7(13)6-10(14)12-18(15,16)17-9-4-2-8(11)3-5-9/h8-9H,2-6H2,1H3,(H,12,14). The summed E-state index contributed by atoms with van der Waals surface area (Å²) in [5.41, 5.74) is 0. The summed E-state index contributed by atoms with van der Waals surface area (Å²) >= 11 is 5.88. The van der Waals surface area contributed by atoms with Crippen molar-refractivity contribution >= 4 is 33.6 Å². The van der Waals surface area contributed by atoms with Crippen LogP contribution in [-0.4, -0.2) is 31.6 Å². The zero-order valence-corrected chi connectivity index (χ0v) is 11.6. The number of hydrogen-bond donors (Lipinski definition) is 1. The summed E-state index contributed by atoms with van der Waals surface area (Å²) in [5, 5.41) is 0.0554. The SMILES string of the molecule is CC(=O)CC(=O)NS(=O)(=O)OC1CCC(Cl)CC1. The monoisotopic (exact) mass is 297 g/mol. The number of rotatable bonds is 5. The van der Waals surface area contributed by atoms with E-state index in [0.717, 1.165) is 0 Å². The Bertz CT molecular complexity index is 414. The fourth-order valence-electron chi connectivity index (χ4n) is 1.72. The molecule has 0 saturated heterocycles. The number of Topliss-reactive ketones (excluding diaryl/α,β-unsaturated/α-hetero) is 1. The first-order chi connectivity index (χ1) is 8.28. The molecule has 0 bridgehead atoms. The van der Waals surface area contributed by atoms with Crippen LogP contribution in [-0.2, 0) is 24.1 Å². The van der Waals surface area contributed by atoms with Gasteiger partial charge in [-0.2, -0.15) is 8.42 Å². The van der Waals surface area contributed by atoms with Gasteiger partial charge in [0.2, 0.25) is 5.91 Å². The number of amides is 1. The largest absolute Gasteiger partial charge is 0.362 e. The molecule has 1 aliphatic rings. The van der Waals surface area contributed by atoms with Crippen LogP contribution < -0.4 is 4.72 Å². The normalized spacial score (nSPS) is 24.6. The van der Waals surface area contributed by atoms with Gasteiger partial charge in [-0.3, -0.25) is 13.8 Å². The number of nitrogens with one attached hydrogen (secondary N) is 1. The van der Waals surface area contributed by atoms with Crippen molar-refractivity contribution in [1.82, 2.24) is 4.72 Å². The molecule has 1 amide bonds. The summed E-state index contributed by atoms with van der Waals surface area (Å²) in [7, 11) is -4.14. The molecule has 0 radical (unpaired) electrons. The zero-order chi connectivity index (χ0) is 13.8. The highest BCUT2D eigenvalue weighted by Crippen LogP contribution is 2.25. The number of hydrogen-bond acceptors (Lipinski definition) is 5. The van der Waals surface area contributed by atoms with Gasteiger partial charge in [0.15, 0.2) is 0 Å². The van der Waals surface area contributed by atoms with Crippen LogP contribution in [0.25, 0.3) is 0 Å². The minimum atomic E-state index is -4.14. The van der Waals surface area contributed by atoms with Crippen LogP contribution in [0.2, 0.25) is 0 Å². The van der Waals surface area contributed by atoms with Crippen molar-refractivity contribution in [2.75, 3.05) is 0 Å². The van der Waals surface area contributed by atoms with E-state index in [-0.39, 0.29) is 5.38 Å². The lowest BCUT2D eigenvalue weighted by molar-refractivity contribution is -0.126. The first-order valence-corrected chi connectivity index (χ1v) is 7.50. The van der Waals surface area contributed by atoms with E-state index in [1.54, 1.807) is 4.72 Å². The maximum absolute atomic E-state index is 11.5. The molecule has 0 unspecified atom stereocenters. The van der Waals surface area contributed by atoms with Crippen molar-refractivity contribution in [1.29, 1.82) is 0 Å². The molecule has 1 N–H and O–H groups in total. The number of carbonyl (C=O) groups is 2. The lowest BCUT2D eigenvalue weighted by Crippen LogP contribution is -2.36. The molecule has 0 spiro atoms. The molecule has 1 saturated carbocycles. The smallest absolute Gasteiger partial charge is 0.299 e. The summed E-state index contributed by atoms with van der Waals surface area (Å²) in [4.78, 5) is 21.8. The van der Waals surface area contributed by atoms with E-state index in [1.807, 2.05) is 0 Å². The molecular weight excluding hydrogens is 282 g/mol. The fourth-order valence-corrected chi connectivity index (χ4v) is 2.93. The molecule has 104 valence electrons. The van der Waals surface area contributed by atoms with Crippen LogP contribution in [0.1, 0.15) is 39.0 Å². The Kier molecular flexibility index (Phi) is 5.55. The van der Waals surface area contributed by atoms with Crippen LogP contribution in [0.3, 0.4) is 0 Å². The molecule has 1 fully saturated rings. The van der Waals surface area contributed by atoms with Gasteiger partial charge < -0.3 is 0 Å². The zero-order valence-electron chi connectivity index (χ0n) is 10.0. The minimum Gasteiger partial charge on any atom is -0.299 e. The molecule has 0 heterocycles. The predicted molar refractivity (Wildman–Crippen MR) is 65.3 cm³/mol. The summed E-state index contributed by atoms with van der Waals surface area (Å²) in [6, 6.07) is 0. The molecule has 6 nitrogen and oxygen atoms in total. The lowest BCUT2D eigenvalue weighted by atomic mass is 9.98. The van der Waals surface area contributed by atoms with Gasteiger partial charge in [0.25, 0.3) is 0 Å². The van der Waals surface area contributed by atoms with Crippen molar-refractivity contribution in [2.45, 2.75) is 50.5 Å². The molecule has 1 aliphatic carbocycles. The first kappa shape index (κ1) is 15.4. The van der Waals surface area contributed by atoms with Crippen LogP contribution in [0.5, 0.6) is 0 Å². The summed E-state index contributed by atoms with van der Waals surface area (Å²) in [6.45, 7) is 1.20. The molecule has 0 aliphatic heterocycles. The van der Waals surface area contributed by atoms with Gasteiger partial charge in [-0.1, -0.05) is 0 Å². The van der Waals surface area contributed by atoms with Crippen LogP contribution in [0.4, 0.5) is 0 Å². The van der Waals surface area contributed by atoms with E-state index in [9.17, 15) is 18.0 Å². The van der Waals surface area contributed by atoms with Crippen molar-refractivity contribution in [3.05, 3.63) is 0 Å². The van der Waals surface area contributed by atoms with Crippen molar-refractivity contribution in [3.63, 3.8) is 0 Å². The second-order valence-electron chi connectivity index (χ2n) is 4.33. The topological polar surface area (TPSA) is 89.5 Å². The predicted octanol–water partition coefficient (Wildman–Crippen LogP) is 0.893. The molecule has 0 aromatic rings. The number of alkyl halides is 1. The van der Waals surface area contributed by atoms with E-state index >= 15 is 0 Å². The third kappa shape index (κ3) is 5.79. The lowest BCUT2D eigenvalue weighted by Gasteiger charge is -2.24. The van der Waals surface area contributed by atoms with Crippen molar-refractivity contribution < 1.29 is 22.2 Å². The average molecular weight is 298 g/mol. The van der Waals surface area contributed by atoms with E-state index in [2.05, 4.69) is 0 Å². The highest BCUT2D eigenvalue weighted by atomic mass is 35.5. The third-order valence-corrected chi connectivity index (χ3v) is 3.95. The Balaban J connectivity index is 2.44. The second kappa shape index (κ2) is 6.49. The number of halogens is 1. The van der Waals surface area contributed by atoms with Crippen LogP contribution in [0, 0.1) is 0 Å². The van der Waals surface area contributed by atoms with Crippen molar-refractivity contribution in [3.8, 4) is 0 Å². The summed E-state index contributed by atoms with van der Waals surface area (Å²) < 4.78 is 29.5. The fraction of sp³-hybridized carbons (Fsp3) is 0.800. The molecule has 8 heteroatoms. The molecule has 0 aromatic carbocycles. The molecule has 0 atom stereocenters. The van der Waals surface area contributed by atoms with Gasteiger partial charge in [-0.15, -0.1) is 11.6 Å². The molecular formula is C10H16ClNO5S. The first-order valence-electron chi connectivity index (χ1n) is 5.66. The molecule has 18 heavy (non-hydrogen) atoms. The molecule has 1 rings (SSSR count). The van der Waals surface area contributed by atoms with Crippen LogP contribution in [0.15, 0.2) is 0 Å². The van der Waals surface area contributed by atoms with Gasteiger partial charge in [-0.05, 0) is 32.6 Å². The van der Waals surface area contributed by atoms with E-state index in [1.165, 1.54) is 6.92 Å². The minimum absolute atomic E-state index is 0.0554. The Hall–Kier alpha value is -0.660. The highest BCUT2D eigenvalue weighted by Gasteiger charge is 2.26. The third-order valence-electron chi connectivity index (χ3n) is 2.51. The molecule has 0 aromatic heterocycles.